The Morgan fingerprint density at radius 2 is 2.00 bits per heavy atom. The molecule has 0 aliphatic carbocycles. The van der Waals surface area contributed by atoms with E-state index in [1.165, 1.54) is 12.1 Å². The fourth-order valence-electron chi connectivity index (χ4n) is 1.20. The molecule has 1 rings (SSSR count). The standard InChI is InChI=1S/C11H13F3N4O2/c12-11(13,14)6-17-10(19)18-7-3-1-2-4-8(7)20-5-9(15)16/h1-4H,5-6H2,(H3,15,16)(H2,17,18,19). The van der Waals surface area contributed by atoms with Crippen LogP contribution in [-0.4, -0.2) is 31.2 Å². The van der Waals surface area contributed by atoms with Crippen LogP contribution >= 0.6 is 0 Å². The molecule has 1 aromatic rings. The maximum atomic E-state index is 11.9. The Balaban J connectivity index is 2.62. The van der Waals surface area contributed by atoms with Crippen molar-refractivity contribution in [3.63, 3.8) is 0 Å². The van der Waals surface area contributed by atoms with Crippen LogP contribution in [0, 0.1) is 5.41 Å². The van der Waals surface area contributed by atoms with Gasteiger partial charge in [-0.15, -0.1) is 0 Å². The Labute approximate surface area is 112 Å². The average molecular weight is 290 g/mol. The summed E-state index contributed by atoms with van der Waals surface area (Å²) in [4.78, 5) is 11.3. The molecule has 0 saturated heterocycles. The molecule has 2 amide bonds. The van der Waals surface area contributed by atoms with Gasteiger partial charge in [0.25, 0.3) is 0 Å². The molecule has 0 aliphatic heterocycles. The minimum absolute atomic E-state index is 0.174. The van der Waals surface area contributed by atoms with E-state index in [0.29, 0.717) is 0 Å². The lowest BCUT2D eigenvalue weighted by atomic mass is 10.3. The lowest BCUT2D eigenvalue weighted by molar-refractivity contribution is -0.122. The average Bonchev–Trinajstić information content (AvgIpc) is 2.34. The van der Waals surface area contributed by atoms with Crippen LogP contribution in [0.4, 0.5) is 23.7 Å². The van der Waals surface area contributed by atoms with Crippen molar-refractivity contribution in [3.8, 4) is 5.75 Å². The number of nitrogens with two attached hydrogens (primary N) is 1. The number of urea groups is 1. The first-order valence-electron chi connectivity index (χ1n) is 5.44. The van der Waals surface area contributed by atoms with E-state index in [4.69, 9.17) is 15.9 Å². The molecule has 0 atom stereocenters. The lowest BCUT2D eigenvalue weighted by Gasteiger charge is -2.13. The van der Waals surface area contributed by atoms with Gasteiger partial charge in [0.2, 0.25) is 0 Å². The predicted molar refractivity (Wildman–Crippen MR) is 66.9 cm³/mol. The summed E-state index contributed by atoms with van der Waals surface area (Å²) in [7, 11) is 0. The summed E-state index contributed by atoms with van der Waals surface area (Å²) in [5.41, 5.74) is 5.30. The molecule has 5 N–H and O–H groups in total. The summed E-state index contributed by atoms with van der Waals surface area (Å²) >= 11 is 0. The second kappa shape index (κ2) is 6.64. The third-order valence-electron chi connectivity index (χ3n) is 1.97. The first kappa shape index (κ1) is 15.6. The molecule has 1 aromatic carbocycles. The van der Waals surface area contributed by atoms with Crippen molar-refractivity contribution >= 4 is 17.6 Å². The maximum Gasteiger partial charge on any atom is 0.405 e. The predicted octanol–water partition coefficient (Wildman–Crippen LogP) is 1.69. The first-order chi connectivity index (χ1) is 9.28. The number of carbonyl (C=O) groups excluding carboxylic acids is 1. The van der Waals surface area contributed by atoms with Crippen LogP contribution in [0.3, 0.4) is 0 Å². The number of amides is 2. The molecule has 0 aliphatic rings. The van der Waals surface area contributed by atoms with Crippen LogP contribution < -0.4 is 21.1 Å². The third kappa shape index (κ3) is 5.94. The number of alkyl halides is 3. The van der Waals surface area contributed by atoms with E-state index >= 15 is 0 Å². The molecule has 0 radical (unpaired) electrons. The van der Waals surface area contributed by atoms with E-state index in [1.807, 2.05) is 0 Å². The van der Waals surface area contributed by atoms with Gasteiger partial charge >= 0.3 is 12.2 Å². The van der Waals surface area contributed by atoms with Crippen LogP contribution in [0.2, 0.25) is 0 Å². The molecule has 6 nitrogen and oxygen atoms in total. The summed E-state index contributed by atoms with van der Waals surface area (Å²) in [6.07, 6.45) is -4.48. The Hall–Kier alpha value is -2.45. The van der Waals surface area contributed by atoms with Gasteiger partial charge in [-0.05, 0) is 12.1 Å². The molecule has 0 unspecified atom stereocenters. The normalized spacial score (nSPS) is 10.8. The smallest absolute Gasteiger partial charge is 0.405 e. The second-order valence-corrected chi connectivity index (χ2v) is 3.73. The summed E-state index contributed by atoms with van der Waals surface area (Å²) in [6, 6.07) is 5.10. The fraction of sp³-hybridized carbons (Fsp3) is 0.273. The van der Waals surface area contributed by atoms with E-state index < -0.39 is 18.8 Å². The summed E-state index contributed by atoms with van der Waals surface area (Å²) in [5, 5.41) is 10.9. The molecule has 0 bridgehead atoms. The quantitative estimate of drug-likeness (QED) is 0.490. The highest BCUT2D eigenvalue weighted by Crippen LogP contribution is 2.23. The van der Waals surface area contributed by atoms with Gasteiger partial charge in [-0.3, -0.25) is 5.41 Å². The Kier molecular flexibility index (Phi) is 5.18. The van der Waals surface area contributed by atoms with Crippen LogP contribution in [0.5, 0.6) is 5.75 Å². The number of rotatable bonds is 5. The maximum absolute atomic E-state index is 11.9. The van der Waals surface area contributed by atoms with E-state index in [9.17, 15) is 18.0 Å². The third-order valence-corrected chi connectivity index (χ3v) is 1.97. The topological polar surface area (TPSA) is 100 Å². The van der Waals surface area contributed by atoms with Gasteiger partial charge in [-0.2, -0.15) is 13.2 Å². The molecule has 20 heavy (non-hydrogen) atoms. The van der Waals surface area contributed by atoms with E-state index in [1.54, 1.807) is 17.4 Å². The van der Waals surface area contributed by atoms with E-state index in [-0.39, 0.29) is 23.9 Å². The largest absolute Gasteiger partial charge is 0.484 e. The minimum atomic E-state index is -4.48. The van der Waals surface area contributed by atoms with Gasteiger partial charge in [0, 0.05) is 0 Å². The molecular formula is C11H13F3N4O2. The number of nitrogens with one attached hydrogen (secondary N) is 3. The van der Waals surface area contributed by atoms with Gasteiger partial charge in [0.15, 0.2) is 0 Å². The van der Waals surface area contributed by atoms with Gasteiger partial charge in [-0.1, -0.05) is 12.1 Å². The molecule has 110 valence electrons. The zero-order valence-corrected chi connectivity index (χ0v) is 10.3. The molecule has 0 aromatic heterocycles. The number of carbonyl (C=O) groups is 1. The van der Waals surface area contributed by atoms with Crippen molar-refractivity contribution in [1.29, 1.82) is 5.41 Å². The number of halogens is 3. The van der Waals surface area contributed by atoms with Crippen LogP contribution in [0.15, 0.2) is 24.3 Å². The Morgan fingerprint density at radius 1 is 1.35 bits per heavy atom. The number of benzene rings is 1. The van der Waals surface area contributed by atoms with Crippen molar-refractivity contribution in [2.45, 2.75) is 6.18 Å². The van der Waals surface area contributed by atoms with Gasteiger partial charge in [0.05, 0.1) is 5.69 Å². The summed E-state index contributed by atoms with van der Waals surface area (Å²) in [5.74, 6) is -0.0221. The number of para-hydroxylation sites is 2. The fourth-order valence-corrected chi connectivity index (χ4v) is 1.20. The molecule has 0 heterocycles. The summed E-state index contributed by atoms with van der Waals surface area (Å²) < 4.78 is 40.9. The van der Waals surface area contributed by atoms with Crippen LogP contribution in [0.1, 0.15) is 0 Å². The molecule has 0 fully saturated rings. The second-order valence-electron chi connectivity index (χ2n) is 3.73. The highest BCUT2D eigenvalue weighted by molar-refractivity contribution is 5.91. The van der Waals surface area contributed by atoms with Gasteiger partial charge < -0.3 is 21.1 Å². The number of hydrogen-bond donors (Lipinski definition) is 4. The van der Waals surface area contributed by atoms with Crippen molar-refractivity contribution in [3.05, 3.63) is 24.3 Å². The lowest BCUT2D eigenvalue weighted by Crippen LogP contribution is -2.36. The highest BCUT2D eigenvalue weighted by atomic mass is 19.4. The summed E-state index contributed by atoms with van der Waals surface area (Å²) in [6.45, 7) is -1.63. The zero-order valence-electron chi connectivity index (χ0n) is 10.3. The highest BCUT2D eigenvalue weighted by Gasteiger charge is 2.27. The number of ether oxygens (including phenoxy) is 1. The monoisotopic (exact) mass is 290 g/mol. The van der Waals surface area contributed by atoms with Crippen LogP contribution in [-0.2, 0) is 0 Å². The van der Waals surface area contributed by atoms with E-state index in [2.05, 4.69) is 5.32 Å². The number of hydrogen-bond acceptors (Lipinski definition) is 3. The SMILES string of the molecule is N=C(N)COc1ccccc1NC(=O)NCC(F)(F)F. The number of amidine groups is 1. The van der Waals surface area contributed by atoms with Gasteiger partial charge in [-0.25, -0.2) is 4.79 Å². The van der Waals surface area contributed by atoms with Crippen molar-refractivity contribution in [1.82, 2.24) is 5.32 Å². The van der Waals surface area contributed by atoms with Gasteiger partial charge in [0.1, 0.15) is 24.7 Å². The molecule has 0 spiro atoms. The molecular weight excluding hydrogens is 277 g/mol. The van der Waals surface area contributed by atoms with Crippen molar-refractivity contribution in [2.75, 3.05) is 18.5 Å². The van der Waals surface area contributed by atoms with Crippen LogP contribution in [0.25, 0.3) is 0 Å². The van der Waals surface area contributed by atoms with E-state index in [0.717, 1.165) is 0 Å². The molecule has 9 heteroatoms. The Bertz CT molecular complexity index is 491. The zero-order chi connectivity index (χ0) is 15.2. The minimum Gasteiger partial charge on any atom is -0.484 e. The first-order valence-corrected chi connectivity index (χ1v) is 5.44. The Morgan fingerprint density at radius 3 is 2.60 bits per heavy atom. The van der Waals surface area contributed by atoms with Crippen molar-refractivity contribution in [2.24, 2.45) is 5.73 Å². The van der Waals surface area contributed by atoms with Crippen molar-refractivity contribution < 1.29 is 22.7 Å². The molecule has 0 saturated carbocycles. The number of anilines is 1.